The number of nitrogens with one attached hydrogen (secondary N) is 1. The molecule has 0 saturated heterocycles. The third-order valence-corrected chi connectivity index (χ3v) is 4.12. The van der Waals surface area contributed by atoms with Gasteiger partial charge in [-0.15, -0.1) is 0 Å². The molecule has 0 aliphatic rings. The normalized spacial score (nSPS) is 11.5. The first-order valence-electron chi connectivity index (χ1n) is 8.79. The minimum atomic E-state index is -4.62. The molecular formula is C20H16F5N3O3. The lowest BCUT2D eigenvalue weighted by Gasteiger charge is -2.14. The smallest absolute Gasteiger partial charge is 0.435 e. The van der Waals surface area contributed by atoms with Gasteiger partial charge in [0.25, 0.3) is 0 Å². The van der Waals surface area contributed by atoms with Crippen LogP contribution in [0, 0.1) is 0 Å². The van der Waals surface area contributed by atoms with E-state index in [1.807, 2.05) is 0 Å². The van der Waals surface area contributed by atoms with Crippen molar-refractivity contribution in [2.24, 2.45) is 0 Å². The summed E-state index contributed by atoms with van der Waals surface area (Å²) in [5.41, 5.74) is -0.0788. The molecule has 0 bridgehead atoms. The molecule has 0 radical (unpaired) electrons. The molecule has 0 atom stereocenters. The molecule has 2 aromatic carbocycles. The Morgan fingerprint density at radius 3 is 2.42 bits per heavy atom. The summed E-state index contributed by atoms with van der Waals surface area (Å²) in [4.78, 5) is 12.2. The number of halogens is 5. The van der Waals surface area contributed by atoms with Crippen molar-refractivity contribution in [2.75, 3.05) is 12.4 Å². The molecule has 1 N–H and O–H groups in total. The summed E-state index contributed by atoms with van der Waals surface area (Å²) in [6, 6.07) is 11.3. The van der Waals surface area contributed by atoms with Gasteiger partial charge in [-0.3, -0.25) is 9.48 Å². The van der Waals surface area contributed by atoms with Gasteiger partial charge in [-0.2, -0.15) is 27.1 Å². The molecule has 1 heterocycles. The lowest BCUT2D eigenvalue weighted by Crippen LogP contribution is -2.19. The SMILES string of the molecule is COc1ccc(-c2cc(NC(=O)Cn3ccc(C(F)(F)F)n3)ccc2OC(F)F)cc1. The average Bonchev–Trinajstić information content (AvgIpc) is 3.18. The van der Waals surface area contributed by atoms with Gasteiger partial charge < -0.3 is 14.8 Å². The van der Waals surface area contributed by atoms with E-state index < -0.39 is 30.9 Å². The molecule has 0 fully saturated rings. The molecule has 0 aliphatic carbocycles. The number of amides is 1. The first-order chi connectivity index (χ1) is 14.7. The molecule has 0 saturated carbocycles. The van der Waals surface area contributed by atoms with E-state index >= 15 is 0 Å². The predicted octanol–water partition coefficient (Wildman–Crippen LogP) is 4.82. The van der Waals surface area contributed by atoms with E-state index in [1.54, 1.807) is 24.3 Å². The molecule has 6 nitrogen and oxygen atoms in total. The van der Waals surface area contributed by atoms with Crippen molar-refractivity contribution in [2.45, 2.75) is 19.3 Å². The topological polar surface area (TPSA) is 65.4 Å². The van der Waals surface area contributed by atoms with Gasteiger partial charge in [0.15, 0.2) is 5.69 Å². The third kappa shape index (κ3) is 5.71. The Kier molecular flexibility index (Phi) is 6.42. The van der Waals surface area contributed by atoms with E-state index in [9.17, 15) is 26.7 Å². The van der Waals surface area contributed by atoms with Crippen LogP contribution in [0.5, 0.6) is 11.5 Å². The molecule has 164 valence electrons. The Balaban J connectivity index is 1.80. The highest BCUT2D eigenvalue weighted by atomic mass is 19.4. The number of anilines is 1. The van der Waals surface area contributed by atoms with Crippen LogP contribution in [0.4, 0.5) is 27.6 Å². The van der Waals surface area contributed by atoms with Crippen LogP contribution in [-0.2, 0) is 17.5 Å². The number of methoxy groups -OCH3 is 1. The molecular weight excluding hydrogens is 425 g/mol. The number of hydrogen-bond donors (Lipinski definition) is 1. The van der Waals surface area contributed by atoms with Crippen molar-refractivity contribution >= 4 is 11.6 Å². The van der Waals surface area contributed by atoms with Crippen molar-refractivity contribution in [3.8, 4) is 22.6 Å². The maximum atomic E-state index is 12.8. The lowest BCUT2D eigenvalue weighted by atomic mass is 10.0. The second-order valence-electron chi connectivity index (χ2n) is 6.26. The number of nitrogens with zero attached hydrogens (tertiary/aromatic N) is 2. The van der Waals surface area contributed by atoms with Gasteiger partial charge >= 0.3 is 12.8 Å². The van der Waals surface area contributed by atoms with E-state index in [2.05, 4.69) is 15.2 Å². The molecule has 0 aliphatic heterocycles. The van der Waals surface area contributed by atoms with E-state index in [4.69, 9.17) is 4.74 Å². The van der Waals surface area contributed by atoms with Crippen molar-refractivity contribution < 1.29 is 36.2 Å². The predicted molar refractivity (Wildman–Crippen MR) is 101 cm³/mol. The van der Waals surface area contributed by atoms with Gasteiger partial charge in [0, 0.05) is 17.4 Å². The molecule has 3 aromatic rings. The summed E-state index contributed by atoms with van der Waals surface area (Å²) in [6.45, 7) is -3.52. The third-order valence-electron chi connectivity index (χ3n) is 4.12. The van der Waals surface area contributed by atoms with Crippen LogP contribution in [-0.4, -0.2) is 29.4 Å². The Labute approximate surface area is 173 Å². The summed E-state index contributed by atoms with van der Waals surface area (Å²) >= 11 is 0. The number of hydrogen-bond acceptors (Lipinski definition) is 4. The fraction of sp³-hybridized carbons (Fsp3) is 0.200. The van der Waals surface area contributed by atoms with E-state index in [-0.39, 0.29) is 17.0 Å². The van der Waals surface area contributed by atoms with Gasteiger partial charge in [-0.25, -0.2) is 0 Å². The van der Waals surface area contributed by atoms with Crippen molar-refractivity contribution in [1.29, 1.82) is 0 Å². The van der Waals surface area contributed by atoms with Crippen molar-refractivity contribution in [3.63, 3.8) is 0 Å². The summed E-state index contributed by atoms with van der Waals surface area (Å²) in [5, 5.41) is 5.81. The highest BCUT2D eigenvalue weighted by molar-refractivity contribution is 5.91. The van der Waals surface area contributed by atoms with E-state index in [0.29, 0.717) is 11.3 Å². The number of aromatic nitrogens is 2. The van der Waals surface area contributed by atoms with Crippen LogP contribution < -0.4 is 14.8 Å². The van der Waals surface area contributed by atoms with Crippen LogP contribution in [0.3, 0.4) is 0 Å². The second-order valence-corrected chi connectivity index (χ2v) is 6.26. The van der Waals surface area contributed by atoms with Crippen LogP contribution in [0.1, 0.15) is 5.69 Å². The van der Waals surface area contributed by atoms with Gasteiger partial charge in [-0.05, 0) is 42.0 Å². The summed E-state index contributed by atoms with van der Waals surface area (Å²) in [6.07, 6.45) is -3.58. The van der Waals surface area contributed by atoms with Crippen LogP contribution in [0.25, 0.3) is 11.1 Å². The first kappa shape index (κ1) is 22.1. The molecule has 1 amide bonds. The number of benzene rings is 2. The van der Waals surface area contributed by atoms with Gasteiger partial charge in [-0.1, -0.05) is 12.1 Å². The summed E-state index contributed by atoms with van der Waals surface area (Å²) in [7, 11) is 1.48. The summed E-state index contributed by atoms with van der Waals surface area (Å²) in [5.74, 6) is -0.206. The maximum Gasteiger partial charge on any atom is 0.435 e. The number of carbonyl (C=O) groups excluding carboxylic acids is 1. The quantitative estimate of drug-likeness (QED) is 0.534. The molecule has 3 rings (SSSR count). The Bertz CT molecular complexity index is 1050. The zero-order chi connectivity index (χ0) is 22.6. The molecule has 11 heteroatoms. The number of rotatable bonds is 7. The van der Waals surface area contributed by atoms with Crippen LogP contribution in [0.15, 0.2) is 54.7 Å². The summed E-state index contributed by atoms with van der Waals surface area (Å²) < 4.78 is 73.9. The van der Waals surface area contributed by atoms with E-state index in [1.165, 1.54) is 25.3 Å². The molecule has 0 spiro atoms. The lowest BCUT2D eigenvalue weighted by molar-refractivity contribution is -0.141. The molecule has 31 heavy (non-hydrogen) atoms. The van der Waals surface area contributed by atoms with Crippen molar-refractivity contribution in [1.82, 2.24) is 9.78 Å². The van der Waals surface area contributed by atoms with E-state index in [0.717, 1.165) is 16.9 Å². The van der Waals surface area contributed by atoms with Crippen molar-refractivity contribution in [3.05, 3.63) is 60.4 Å². The standard InChI is InChI=1S/C20H16F5N3O3/c1-30-14-5-2-12(3-6-14)15-10-13(4-7-16(15)31-19(21)22)26-18(29)11-28-9-8-17(27-28)20(23,24)25/h2-10,19H,11H2,1H3,(H,26,29). The molecule has 0 unspecified atom stereocenters. The first-order valence-corrected chi connectivity index (χ1v) is 8.79. The zero-order valence-corrected chi connectivity index (χ0v) is 16.0. The van der Waals surface area contributed by atoms with Crippen LogP contribution in [0.2, 0.25) is 0 Å². The maximum absolute atomic E-state index is 12.8. The zero-order valence-electron chi connectivity index (χ0n) is 16.0. The minimum Gasteiger partial charge on any atom is -0.497 e. The monoisotopic (exact) mass is 441 g/mol. The Hall–Kier alpha value is -3.63. The Morgan fingerprint density at radius 2 is 1.84 bits per heavy atom. The number of carbonyl (C=O) groups is 1. The fourth-order valence-corrected chi connectivity index (χ4v) is 2.75. The Morgan fingerprint density at radius 1 is 1.13 bits per heavy atom. The highest BCUT2D eigenvalue weighted by Gasteiger charge is 2.33. The molecule has 1 aromatic heterocycles. The number of ether oxygens (including phenoxy) is 2. The van der Waals surface area contributed by atoms with Crippen LogP contribution >= 0.6 is 0 Å². The highest BCUT2D eigenvalue weighted by Crippen LogP contribution is 2.34. The number of alkyl halides is 5. The average molecular weight is 441 g/mol. The minimum absolute atomic E-state index is 0.111. The largest absolute Gasteiger partial charge is 0.497 e. The second kappa shape index (κ2) is 9.02. The fourth-order valence-electron chi connectivity index (χ4n) is 2.75. The van der Waals surface area contributed by atoms with Gasteiger partial charge in [0.05, 0.1) is 7.11 Å². The van der Waals surface area contributed by atoms with Gasteiger partial charge in [0.1, 0.15) is 18.0 Å². The van der Waals surface area contributed by atoms with Gasteiger partial charge in [0.2, 0.25) is 5.91 Å².